The van der Waals surface area contributed by atoms with E-state index in [0.717, 1.165) is 18.5 Å². The van der Waals surface area contributed by atoms with E-state index in [2.05, 4.69) is 13.0 Å². The number of likely N-dealkylation sites (tertiary alicyclic amines) is 1. The highest BCUT2D eigenvalue weighted by atomic mass is 19.1. The molecule has 0 N–H and O–H groups in total. The fourth-order valence-electron chi connectivity index (χ4n) is 4.16. The first-order valence-electron chi connectivity index (χ1n) is 9.48. The van der Waals surface area contributed by atoms with Gasteiger partial charge in [-0.15, -0.1) is 0 Å². The summed E-state index contributed by atoms with van der Waals surface area (Å²) in [7, 11) is 0. The average molecular weight is 366 g/mol. The number of halogens is 1. The molecule has 0 saturated carbocycles. The Morgan fingerprint density at radius 3 is 2.85 bits per heavy atom. The van der Waals surface area contributed by atoms with Gasteiger partial charge in [0.05, 0.1) is 0 Å². The Balaban J connectivity index is 1.59. The van der Waals surface area contributed by atoms with Crippen molar-refractivity contribution in [2.45, 2.75) is 45.2 Å². The third kappa shape index (κ3) is 3.46. The summed E-state index contributed by atoms with van der Waals surface area (Å²) in [6.07, 6.45) is 2.77. The van der Waals surface area contributed by atoms with E-state index in [0.29, 0.717) is 24.9 Å². The van der Waals surface area contributed by atoms with Crippen molar-refractivity contribution in [1.29, 1.82) is 0 Å². The Hall–Kier alpha value is -2.69. The van der Waals surface area contributed by atoms with E-state index in [9.17, 15) is 14.0 Å². The van der Waals surface area contributed by atoms with Gasteiger partial charge in [-0.1, -0.05) is 29.8 Å². The van der Waals surface area contributed by atoms with Crippen molar-refractivity contribution in [3.8, 4) is 0 Å². The molecule has 2 heterocycles. The van der Waals surface area contributed by atoms with Gasteiger partial charge < -0.3 is 9.80 Å². The second kappa shape index (κ2) is 7.14. The number of rotatable bonds is 3. The molecule has 0 bridgehead atoms. The van der Waals surface area contributed by atoms with Crippen molar-refractivity contribution in [3.05, 3.63) is 65.0 Å². The predicted octanol–water partition coefficient (Wildman–Crippen LogP) is 3.60. The van der Waals surface area contributed by atoms with Gasteiger partial charge in [-0.05, 0) is 55.5 Å². The van der Waals surface area contributed by atoms with E-state index in [1.807, 2.05) is 17.0 Å². The molecular formula is C22H23FN2O2. The number of fused-ring (bicyclic) bond motifs is 1. The summed E-state index contributed by atoms with van der Waals surface area (Å²) >= 11 is 0. The summed E-state index contributed by atoms with van der Waals surface area (Å²) in [6, 6.07) is 11.9. The largest absolute Gasteiger partial charge is 0.326 e. The van der Waals surface area contributed by atoms with Crippen LogP contribution in [-0.2, 0) is 22.6 Å². The lowest BCUT2D eigenvalue weighted by atomic mass is 9.98. The summed E-state index contributed by atoms with van der Waals surface area (Å²) in [4.78, 5) is 29.2. The van der Waals surface area contributed by atoms with Gasteiger partial charge >= 0.3 is 0 Å². The van der Waals surface area contributed by atoms with E-state index in [-0.39, 0.29) is 24.2 Å². The Kier molecular flexibility index (Phi) is 4.68. The van der Waals surface area contributed by atoms with E-state index in [4.69, 9.17) is 0 Å². The van der Waals surface area contributed by atoms with Crippen LogP contribution in [0.4, 0.5) is 10.1 Å². The van der Waals surface area contributed by atoms with E-state index < -0.39 is 6.04 Å². The average Bonchev–Trinajstić information content (AvgIpc) is 3.01. The molecule has 1 unspecified atom stereocenters. The van der Waals surface area contributed by atoms with Crippen molar-refractivity contribution in [2.24, 2.45) is 0 Å². The normalized spacial score (nSPS) is 19.3. The number of hydrogen-bond donors (Lipinski definition) is 0. The van der Waals surface area contributed by atoms with Crippen LogP contribution in [0.5, 0.6) is 0 Å². The smallest absolute Gasteiger partial charge is 0.249 e. The lowest BCUT2D eigenvalue weighted by molar-refractivity contribution is -0.134. The van der Waals surface area contributed by atoms with Gasteiger partial charge in [-0.2, -0.15) is 0 Å². The molecule has 5 heteroatoms. The number of carbonyl (C=O) groups excluding carboxylic acids is 2. The molecule has 0 aromatic heterocycles. The second-order valence-corrected chi connectivity index (χ2v) is 7.43. The van der Waals surface area contributed by atoms with Crippen LogP contribution in [0, 0.1) is 12.7 Å². The van der Waals surface area contributed by atoms with Gasteiger partial charge in [0.15, 0.2) is 0 Å². The van der Waals surface area contributed by atoms with E-state index in [1.165, 1.54) is 23.3 Å². The summed E-state index contributed by atoms with van der Waals surface area (Å²) in [5.74, 6) is -0.400. The van der Waals surface area contributed by atoms with E-state index in [1.54, 1.807) is 17.0 Å². The van der Waals surface area contributed by atoms with Crippen LogP contribution in [0.3, 0.4) is 0 Å². The standard InChI is InChI=1S/C22H23FN2O2/c1-15-7-8-19-17(12-15)5-3-11-24(19)22(27)20-9-10-21(26)25(20)14-16-4-2-6-18(23)13-16/h2,4,6-8,12-13,20H,3,5,9-11,14H2,1H3. The molecule has 1 fully saturated rings. The van der Waals surface area contributed by atoms with Gasteiger partial charge in [-0.25, -0.2) is 4.39 Å². The maximum Gasteiger partial charge on any atom is 0.249 e. The summed E-state index contributed by atoms with van der Waals surface area (Å²) in [5.41, 5.74) is 4.04. The molecule has 0 radical (unpaired) electrons. The third-order valence-electron chi connectivity index (χ3n) is 5.47. The minimum absolute atomic E-state index is 0.0259. The fraction of sp³-hybridized carbons (Fsp3) is 0.364. The zero-order valence-electron chi connectivity index (χ0n) is 15.5. The highest BCUT2D eigenvalue weighted by Crippen LogP contribution is 2.31. The van der Waals surface area contributed by atoms with Gasteiger partial charge in [0.25, 0.3) is 0 Å². The molecule has 2 amide bonds. The van der Waals surface area contributed by atoms with Crippen LogP contribution in [-0.4, -0.2) is 29.3 Å². The molecule has 2 aliphatic rings. The molecule has 2 aromatic carbocycles. The molecule has 1 atom stereocenters. The van der Waals surface area contributed by atoms with Gasteiger partial charge in [-0.3, -0.25) is 9.59 Å². The summed E-state index contributed by atoms with van der Waals surface area (Å²) < 4.78 is 13.5. The number of hydrogen-bond acceptors (Lipinski definition) is 2. The molecule has 2 aliphatic heterocycles. The highest BCUT2D eigenvalue weighted by Gasteiger charge is 2.39. The van der Waals surface area contributed by atoms with Gasteiger partial charge in [0, 0.05) is 25.2 Å². The lowest BCUT2D eigenvalue weighted by Gasteiger charge is -2.34. The molecule has 4 rings (SSSR count). The Morgan fingerprint density at radius 2 is 2.04 bits per heavy atom. The van der Waals surface area contributed by atoms with E-state index >= 15 is 0 Å². The molecule has 0 aliphatic carbocycles. The minimum atomic E-state index is -0.479. The molecule has 27 heavy (non-hydrogen) atoms. The zero-order chi connectivity index (χ0) is 19.0. The number of carbonyl (C=O) groups is 2. The first kappa shape index (κ1) is 17.7. The van der Waals surface area contributed by atoms with Crippen LogP contribution in [0.15, 0.2) is 42.5 Å². The monoisotopic (exact) mass is 366 g/mol. The zero-order valence-corrected chi connectivity index (χ0v) is 15.5. The first-order valence-corrected chi connectivity index (χ1v) is 9.48. The molecule has 4 nitrogen and oxygen atoms in total. The number of nitrogens with zero attached hydrogens (tertiary/aromatic N) is 2. The Bertz CT molecular complexity index is 896. The number of anilines is 1. The SMILES string of the molecule is Cc1ccc2c(c1)CCCN2C(=O)C1CCC(=O)N1Cc1cccc(F)c1. The van der Waals surface area contributed by atoms with Crippen LogP contribution in [0.2, 0.25) is 0 Å². The van der Waals surface area contributed by atoms with Crippen molar-refractivity contribution in [3.63, 3.8) is 0 Å². The summed E-state index contributed by atoms with van der Waals surface area (Å²) in [5, 5.41) is 0. The second-order valence-electron chi connectivity index (χ2n) is 7.43. The van der Waals surface area contributed by atoms with Crippen LogP contribution >= 0.6 is 0 Å². The maximum absolute atomic E-state index is 13.5. The minimum Gasteiger partial charge on any atom is -0.326 e. The highest BCUT2D eigenvalue weighted by molar-refractivity contribution is 6.01. The Morgan fingerprint density at radius 1 is 1.19 bits per heavy atom. The fourth-order valence-corrected chi connectivity index (χ4v) is 4.16. The molecule has 140 valence electrons. The molecular weight excluding hydrogens is 343 g/mol. The first-order chi connectivity index (χ1) is 13.0. The van der Waals surface area contributed by atoms with Crippen LogP contribution in [0.25, 0.3) is 0 Å². The van der Waals surface area contributed by atoms with Gasteiger partial charge in [0.1, 0.15) is 11.9 Å². The molecule has 1 saturated heterocycles. The van der Waals surface area contributed by atoms with Crippen molar-refractivity contribution >= 4 is 17.5 Å². The van der Waals surface area contributed by atoms with Crippen molar-refractivity contribution in [1.82, 2.24) is 4.90 Å². The van der Waals surface area contributed by atoms with Crippen LogP contribution < -0.4 is 4.90 Å². The summed E-state index contributed by atoms with van der Waals surface area (Å²) in [6.45, 7) is 2.99. The van der Waals surface area contributed by atoms with Crippen molar-refractivity contribution < 1.29 is 14.0 Å². The number of benzene rings is 2. The predicted molar refractivity (Wildman–Crippen MR) is 102 cm³/mol. The third-order valence-corrected chi connectivity index (χ3v) is 5.47. The number of aryl methyl sites for hydroxylation is 2. The molecule has 2 aromatic rings. The number of amides is 2. The quantitative estimate of drug-likeness (QED) is 0.833. The van der Waals surface area contributed by atoms with Crippen LogP contribution in [0.1, 0.15) is 36.0 Å². The van der Waals surface area contributed by atoms with Crippen molar-refractivity contribution in [2.75, 3.05) is 11.4 Å². The Labute approximate surface area is 158 Å². The maximum atomic E-state index is 13.5. The topological polar surface area (TPSA) is 40.6 Å². The van der Waals surface area contributed by atoms with Gasteiger partial charge in [0.2, 0.25) is 11.8 Å². The lowest BCUT2D eigenvalue weighted by Crippen LogP contribution is -2.48. The molecule has 0 spiro atoms.